The van der Waals surface area contributed by atoms with Crippen molar-refractivity contribution in [1.82, 2.24) is 9.55 Å². The van der Waals surface area contributed by atoms with Crippen molar-refractivity contribution in [3.8, 4) is 5.75 Å². The summed E-state index contributed by atoms with van der Waals surface area (Å²) in [5.74, 6) is 0.119. The van der Waals surface area contributed by atoms with E-state index in [-0.39, 0.29) is 6.61 Å². The van der Waals surface area contributed by atoms with Gasteiger partial charge in [-0.3, -0.25) is 4.79 Å². The summed E-state index contributed by atoms with van der Waals surface area (Å²) >= 11 is 0. The number of hydrogen-bond acceptors (Lipinski definition) is 4. The van der Waals surface area contributed by atoms with Crippen LogP contribution in [0, 0.1) is 6.92 Å². The van der Waals surface area contributed by atoms with Crippen LogP contribution in [0.1, 0.15) is 10.4 Å². The Morgan fingerprint density at radius 2 is 1.95 bits per heavy atom. The van der Waals surface area contributed by atoms with Gasteiger partial charge in [-0.25, -0.2) is 9.36 Å². The highest BCUT2D eigenvalue weighted by Gasteiger charge is 2.14. The van der Waals surface area contributed by atoms with E-state index in [1.807, 2.05) is 19.1 Å². The number of aromatic amines is 1. The van der Waals surface area contributed by atoms with E-state index in [9.17, 15) is 9.59 Å². The first-order valence-electron chi connectivity index (χ1n) is 6.77. The van der Waals surface area contributed by atoms with Crippen LogP contribution < -0.4 is 16.2 Å². The first-order valence-corrected chi connectivity index (χ1v) is 6.77. The molecular weight excluding hydrogens is 282 g/mol. The standard InChI is InChI=1S/C16H15N3O3/c1-10-2-5-12(6-3-10)22-9-15(20)19-14-8-11(17)4-7-13(14)18-16(19)21/h2-8H,9,17H2,1H3,(H,18,21). The summed E-state index contributed by atoms with van der Waals surface area (Å²) in [7, 11) is 0. The number of H-pyrrole nitrogens is 1. The molecule has 0 unspecified atom stereocenters. The van der Waals surface area contributed by atoms with Crippen molar-refractivity contribution in [2.75, 3.05) is 12.3 Å². The molecular formula is C16H15N3O3. The number of imidazole rings is 1. The lowest BCUT2D eigenvalue weighted by molar-refractivity contribution is 0.0839. The van der Waals surface area contributed by atoms with Gasteiger partial charge in [-0.15, -0.1) is 0 Å². The van der Waals surface area contributed by atoms with Crippen LogP contribution in [-0.2, 0) is 0 Å². The number of nitrogens with one attached hydrogen (secondary N) is 1. The van der Waals surface area contributed by atoms with Gasteiger partial charge >= 0.3 is 5.69 Å². The topological polar surface area (TPSA) is 90.1 Å². The number of aryl methyl sites for hydroxylation is 1. The molecule has 0 atom stereocenters. The fraction of sp³-hybridized carbons (Fsp3) is 0.125. The molecule has 3 N–H and O–H groups in total. The summed E-state index contributed by atoms with van der Waals surface area (Å²) in [4.78, 5) is 26.8. The molecule has 3 aromatic rings. The molecule has 6 heteroatoms. The minimum atomic E-state index is -0.502. The fourth-order valence-corrected chi connectivity index (χ4v) is 2.21. The number of hydrogen-bond donors (Lipinski definition) is 2. The number of nitrogen functional groups attached to an aromatic ring is 1. The molecule has 1 aromatic heterocycles. The summed E-state index contributed by atoms with van der Waals surface area (Å²) in [5, 5.41) is 0. The fourth-order valence-electron chi connectivity index (χ4n) is 2.21. The Kier molecular flexibility index (Phi) is 3.42. The third kappa shape index (κ3) is 2.58. The van der Waals surface area contributed by atoms with Crippen molar-refractivity contribution in [3.05, 3.63) is 58.5 Å². The minimum Gasteiger partial charge on any atom is -0.484 e. The molecule has 0 aliphatic heterocycles. The van der Waals surface area contributed by atoms with Crippen molar-refractivity contribution >= 4 is 22.6 Å². The van der Waals surface area contributed by atoms with Crippen LogP contribution in [-0.4, -0.2) is 22.1 Å². The van der Waals surface area contributed by atoms with E-state index in [4.69, 9.17) is 10.5 Å². The van der Waals surface area contributed by atoms with Crippen LogP contribution in [0.5, 0.6) is 5.75 Å². The van der Waals surface area contributed by atoms with Crippen LogP contribution in [0.4, 0.5) is 5.69 Å². The normalized spacial score (nSPS) is 10.8. The number of rotatable bonds is 3. The van der Waals surface area contributed by atoms with Gasteiger partial charge in [0.05, 0.1) is 11.0 Å². The Labute approximate surface area is 126 Å². The SMILES string of the molecule is Cc1ccc(OCC(=O)n2c(=O)[nH]c3ccc(N)cc32)cc1. The Morgan fingerprint density at radius 1 is 1.23 bits per heavy atom. The maximum atomic E-state index is 12.3. The number of aromatic nitrogens is 2. The van der Waals surface area contributed by atoms with Crippen molar-refractivity contribution < 1.29 is 9.53 Å². The first kappa shape index (κ1) is 13.9. The van der Waals surface area contributed by atoms with E-state index in [0.717, 1.165) is 10.1 Å². The van der Waals surface area contributed by atoms with E-state index in [1.165, 1.54) is 0 Å². The van der Waals surface area contributed by atoms with E-state index < -0.39 is 11.6 Å². The third-order valence-electron chi connectivity index (χ3n) is 3.34. The van der Waals surface area contributed by atoms with Gasteiger partial charge in [0.15, 0.2) is 6.61 Å². The quantitative estimate of drug-likeness (QED) is 0.723. The molecule has 0 saturated carbocycles. The van der Waals surface area contributed by atoms with Crippen LogP contribution in [0.25, 0.3) is 11.0 Å². The van der Waals surface area contributed by atoms with E-state index in [1.54, 1.807) is 30.3 Å². The highest BCUT2D eigenvalue weighted by molar-refractivity contribution is 5.92. The predicted molar refractivity (Wildman–Crippen MR) is 84.3 cm³/mol. The molecule has 0 aliphatic carbocycles. The van der Waals surface area contributed by atoms with Crippen molar-refractivity contribution in [2.24, 2.45) is 0 Å². The van der Waals surface area contributed by atoms with Gasteiger partial charge in [0.25, 0.3) is 5.91 Å². The van der Waals surface area contributed by atoms with Crippen molar-refractivity contribution in [3.63, 3.8) is 0 Å². The van der Waals surface area contributed by atoms with Gasteiger partial charge in [0.1, 0.15) is 5.75 Å². The second kappa shape index (κ2) is 5.40. The van der Waals surface area contributed by atoms with Gasteiger partial charge in [0.2, 0.25) is 0 Å². The van der Waals surface area contributed by atoms with Crippen LogP contribution in [0.2, 0.25) is 0 Å². The minimum absolute atomic E-state index is 0.231. The first-order chi connectivity index (χ1) is 10.5. The summed E-state index contributed by atoms with van der Waals surface area (Å²) in [5.41, 5.74) is 7.79. The monoisotopic (exact) mass is 297 g/mol. The highest BCUT2D eigenvalue weighted by atomic mass is 16.5. The van der Waals surface area contributed by atoms with Crippen molar-refractivity contribution in [2.45, 2.75) is 6.92 Å². The zero-order valence-electron chi connectivity index (χ0n) is 12.0. The van der Waals surface area contributed by atoms with Crippen molar-refractivity contribution in [1.29, 1.82) is 0 Å². The number of benzene rings is 2. The average Bonchev–Trinajstić information content (AvgIpc) is 2.81. The number of nitrogens with two attached hydrogens (primary N) is 1. The summed E-state index contributed by atoms with van der Waals surface area (Å²) in [6.07, 6.45) is 0. The lowest BCUT2D eigenvalue weighted by Crippen LogP contribution is -2.28. The predicted octanol–water partition coefficient (Wildman–Crippen LogP) is 1.94. The molecule has 1 heterocycles. The molecule has 0 fully saturated rings. The van der Waals surface area contributed by atoms with Gasteiger partial charge in [-0.05, 0) is 37.3 Å². The maximum absolute atomic E-state index is 12.3. The average molecular weight is 297 g/mol. The Hall–Kier alpha value is -3.02. The molecule has 22 heavy (non-hydrogen) atoms. The Balaban J connectivity index is 1.86. The van der Waals surface area contributed by atoms with Crippen LogP contribution in [0.3, 0.4) is 0 Å². The molecule has 0 saturated heterocycles. The number of ether oxygens (including phenoxy) is 1. The van der Waals surface area contributed by atoms with Gasteiger partial charge in [0, 0.05) is 5.69 Å². The number of fused-ring (bicyclic) bond motifs is 1. The highest BCUT2D eigenvalue weighted by Crippen LogP contribution is 2.15. The number of carbonyl (C=O) groups is 1. The lowest BCUT2D eigenvalue weighted by Gasteiger charge is -2.06. The maximum Gasteiger partial charge on any atom is 0.333 e. The van der Waals surface area contributed by atoms with E-state index in [2.05, 4.69) is 4.98 Å². The molecule has 2 aromatic carbocycles. The van der Waals surface area contributed by atoms with Gasteiger partial charge in [-0.2, -0.15) is 0 Å². The number of nitrogens with zero attached hydrogens (tertiary/aromatic N) is 1. The second-order valence-electron chi connectivity index (χ2n) is 5.04. The van der Waals surface area contributed by atoms with Crippen LogP contribution >= 0.6 is 0 Å². The molecule has 6 nitrogen and oxygen atoms in total. The summed E-state index contributed by atoms with van der Waals surface area (Å²) in [6, 6.07) is 12.2. The molecule has 112 valence electrons. The van der Waals surface area contributed by atoms with E-state index >= 15 is 0 Å². The van der Waals surface area contributed by atoms with Gasteiger partial charge < -0.3 is 15.5 Å². The second-order valence-corrected chi connectivity index (χ2v) is 5.04. The molecule has 0 aliphatic rings. The third-order valence-corrected chi connectivity index (χ3v) is 3.34. The number of carbonyl (C=O) groups excluding carboxylic acids is 1. The van der Waals surface area contributed by atoms with E-state index in [0.29, 0.717) is 22.5 Å². The smallest absolute Gasteiger partial charge is 0.333 e. The molecule has 0 radical (unpaired) electrons. The van der Waals surface area contributed by atoms with Gasteiger partial charge in [-0.1, -0.05) is 17.7 Å². The Bertz CT molecular complexity index is 891. The molecule has 0 spiro atoms. The lowest BCUT2D eigenvalue weighted by atomic mass is 10.2. The van der Waals surface area contributed by atoms with Crippen LogP contribution in [0.15, 0.2) is 47.3 Å². The molecule has 0 amide bonds. The largest absolute Gasteiger partial charge is 0.484 e. The zero-order chi connectivity index (χ0) is 15.7. The number of anilines is 1. The molecule has 3 rings (SSSR count). The summed E-state index contributed by atoms with van der Waals surface area (Å²) < 4.78 is 6.47. The molecule has 0 bridgehead atoms. The summed E-state index contributed by atoms with van der Waals surface area (Å²) in [6.45, 7) is 1.73. The zero-order valence-corrected chi connectivity index (χ0v) is 12.0. The Morgan fingerprint density at radius 3 is 2.68 bits per heavy atom.